The second kappa shape index (κ2) is 5.97. The van der Waals surface area contributed by atoms with Gasteiger partial charge in [-0.2, -0.15) is 10.4 Å². The molecule has 6 nitrogen and oxygen atoms in total. The Bertz CT molecular complexity index is 836. The molecule has 3 rings (SSSR count). The molecular formula is C16H14N6. The minimum absolute atomic E-state index is 0.379. The minimum atomic E-state index is 0.379. The summed E-state index contributed by atoms with van der Waals surface area (Å²) in [4.78, 5) is 7.28. The number of anilines is 2. The summed E-state index contributed by atoms with van der Waals surface area (Å²) in [7, 11) is 0. The summed E-state index contributed by atoms with van der Waals surface area (Å²) in [6, 6.07) is 13.8. The van der Waals surface area contributed by atoms with Gasteiger partial charge in [0.25, 0.3) is 0 Å². The number of nitriles is 1. The lowest BCUT2D eigenvalue weighted by molar-refractivity contribution is 1.09. The highest BCUT2D eigenvalue weighted by atomic mass is 15.2. The summed E-state index contributed by atoms with van der Waals surface area (Å²) in [6.45, 7) is 2.01. The van der Waals surface area contributed by atoms with Crippen molar-refractivity contribution in [1.82, 2.24) is 15.2 Å². The Morgan fingerprint density at radius 1 is 1.32 bits per heavy atom. The van der Waals surface area contributed by atoms with E-state index in [1.165, 1.54) is 0 Å². The molecule has 0 saturated carbocycles. The van der Waals surface area contributed by atoms with E-state index in [4.69, 9.17) is 0 Å². The third-order valence-electron chi connectivity index (χ3n) is 3.09. The van der Waals surface area contributed by atoms with Gasteiger partial charge in [0.2, 0.25) is 0 Å². The molecule has 0 aliphatic carbocycles. The number of H-pyrrole nitrogens is 2. The van der Waals surface area contributed by atoms with Gasteiger partial charge >= 0.3 is 0 Å². The highest BCUT2D eigenvalue weighted by Crippen LogP contribution is 2.25. The monoisotopic (exact) mass is 290 g/mol. The van der Waals surface area contributed by atoms with Gasteiger partial charge in [0.15, 0.2) is 11.6 Å². The number of nitrogens with one attached hydrogen (secondary N) is 3. The van der Waals surface area contributed by atoms with Gasteiger partial charge in [-0.15, -0.1) is 0 Å². The van der Waals surface area contributed by atoms with Gasteiger partial charge in [-0.1, -0.05) is 12.1 Å². The Morgan fingerprint density at radius 3 is 2.95 bits per heavy atom. The third kappa shape index (κ3) is 2.88. The van der Waals surface area contributed by atoms with E-state index in [-0.39, 0.29) is 0 Å². The van der Waals surface area contributed by atoms with Gasteiger partial charge in [-0.25, -0.2) is 4.99 Å². The molecule has 0 atom stereocenters. The van der Waals surface area contributed by atoms with Crippen LogP contribution in [0.15, 0.2) is 47.6 Å². The highest BCUT2D eigenvalue weighted by molar-refractivity contribution is 5.81. The van der Waals surface area contributed by atoms with E-state index in [1.54, 1.807) is 6.21 Å². The number of nitrogens with zero attached hydrogens (tertiary/aromatic N) is 3. The maximum Gasteiger partial charge on any atom is 0.172 e. The number of hydrogen-bond acceptors (Lipinski definition) is 4. The van der Waals surface area contributed by atoms with E-state index in [2.05, 4.69) is 31.6 Å². The lowest BCUT2D eigenvalue weighted by Gasteiger charge is -2.03. The first-order valence-corrected chi connectivity index (χ1v) is 6.76. The molecule has 3 N–H and O–H groups in total. The van der Waals surface area contributed by atoms with Crippen molar-refractivity contribution in [3.63, 3.8) is 0 Å². The van der Waals surface area contributed by atoms with Crippen molar-refractivity contribution < 1.29 is 0 Å². The maximum atomic E-state index is 9.35. The molecule has 2 heterocycles. The van der Waals surface area contributed by atoms with Crippen LogP contribution in [0.5, 0.6) is 0 Å². The molecule has 0 unspecified atom stereocenters. The molecule has 6 heteroatoms. The van der Waals surface area contributed by atoms with E-state index < -0.39 is 0 Å². The fourth-order valence-corrected chi connectivity index (χ4v) is 2.04. The normalized spacial score (nSPS) is 10.7. The van der Waals surface area contributed by atoms with E-state index in [0.29, 0.717) is 17.2 Å². The third-order valence-corrected chi connectivity index (χ3v) is 3.09. The number of aromatic nitrogens is 3. The van der Waals surface area contributed by atoms with Crippen molar-refractivity contribution in [2.45, 2.75) is 6.92 Å². The Hall–Kier alpha value is -3.33. The first kappa shape index (κ1) is 13.6. The van der Waals surface area contributed by atoms with E-state index >= 15 is 0 Å². The first-order chi connectivity index (χ1) is 10.8. The molecule has 0 radical (unpaired) electrons. The topological polar surface area (TPSA) is 92.7 Å². The molecule has 0 amide bonds. The summed E-state index contributed by atoms with van der Waals surface area (Å²) in [5, 5.41) is 19.4. The molecule has 0 aliphatic rings. The molecule has 0 bridgehead atoms. The fourth-order valence-electron chi connectivity index (χ4n) is 2.04. The van der Waals surface area contributed by atoms with Crippen molar-refractivity contribution in [1.29, 1.82) is 5.26 Å². The van der Waals surface area contributed by atoms with Crippen molar-refractivity contribution in [3.05, 3.63) is 59.4 Å². The summed E-state index contributed by atoms with van der Waals surface area (Å²) in [5.74, 6) is 0.888. The van der Waals surface area contributed by atoms with Gasteiger partial charge in [0.1, 0.15) is 11.6 Å². The van der Waals surface area contributed by atoms with E-state index in [0.717, 1.165) is 16.9 Å². The van der Waals surface area contributed by atoms with Crippen LogP contribution in [0.25, 0.3) is 0 Å². The number of aryl methyl sites for hydroxylation is 1. The molecule has 3 aromatic rings. The number of aliphatic imine (C=N–C) groups is 1. The lowest BCUT2D eigenvalue weighted by Crippen LogP contribution is -1.93. The summed E-state index contributed by atoms with van der Waals surface area (Å²) in [5.41, 5.74) is 3.24. The smallest absolute Gasteiger partial charge is 0.172 e. The predicted molar refractivity (Wildman–Crippen MR) is 85.8 cm³/mol. The maximum absolute atomic E-state index is 9.35. The molecule has 0 fully saturated rings. The Balaban J connectivity index is 1.86. The van der Waals surface area contributed by atoms with Crippen molar-refractivity contribution in [3.8, 4) is 6.07 Å². The van der Waals surface area contributed by atoms with E-state index in [1.807, 2.05) is 49.5 Å². The molecule has 1 aromatic carbocycles. The average Bonchev–Trinajstić information content (AvgIpc) is 3.14. The van der Waals surface area contributed by atoms with Gasteiger partial charge in [-0.05, 0) is 36.8 Å². The van der Waals surface area contributed by atoms with Crippen molar-refractivity contribution in [2.24, 2.45) is 4.99 Å². The minimum Gasteiger partial charge on any atom is -0.360 e. The molecule has 0 saturated heterocycles. The van der Waals surface area contributed by atoms with Gasteiger partial charge in [0, 0.05) is 11.9 Å². The van der Waals surface area contributed by atoms with E-state index in [9.17, 15) is 5.26 Å². The Kier molecular flexibility index (Phi) is 3.70. The van der Waals surface area contributed by atoms with Crippen molar-refractivity contribution >= 4 is 23.5 Å². The Morgan fingerprint density at radius 2 is 2.23 bits per heavy atom. The number of hydrogen-bond donors (Lipinski definition) is 3. The molecule has 0 aliphatic heterocycles. The average molecular weight is 290 g/mol. The first-order valence-electron chi connectivity index (χ1n) is 6.76. The quantitative estimate of drug-likeness (QED) is 0.643. The van der Waals surface area contributed by atoms with Crippen LogP contribution >= 0.6 is 0 Å². The van der Waals surface area contributed by atoms with Crippen LogP contribution in [0.1, 0.15) is 16.8 Å². The second-order valence-corrected chi connectivity index (χ2v) is 4.79. The van der Waals surface area contributed by atoms with Crippen LogP contribution in [-0.2, 0) is 0 Å². The van der Waals surface area contributed by atoms with Crippen LogP contribution in [0, 0.1) is 18.3 Å². The molecule has 108 valence electrons. The summed E-state index contributed by atoms with van der Waals surface area (Å²) in [6.07, 6.45) is 3.45. The van der Waals surface area contributed by atoms with Crippen LogP contribution in [0.2, 0.25) is 0 Å². The zero-order valence-corrected chi connectivity index (χ0v) is 12.0. The summed E-state index contributed by atoms with van der Waals surface area (Å²) >= 11 is 0. The predicted octanol–water partition coefficient (Wildman–Crippen LogP) is 3.41. The van der Waals surface area contributed by atoms with Crippen molar-refractivity contribution in [2.75, 3.05) is 5.32 Å². The molecule has 22 heavy (non-hydrogen) atoms. The highest BCUT2D eigenvalue weighted by Gasteiger charge is 2.12. The number of rotatable bonds is 4. The molecule has 0 spiro atoms. The number of benzene rings is 1. The van der Waals surface area contributed by atoms with Gasteiger partial charge in [-0.3, -0.25) is 5.10 Å². The van der Waals surface area contributed by atoms with Gasteiger partial charge in [0.05, 0.1) is 11.9 Å². The standard InChI is InChI=1S/C16H14N6/c1-11-4-2-5-12(8-11)20-16-14(9-17)15(21-22-16)19-10-13-6-3-7-18-13/h2-8,10,18H,1H3,(H2,20,21,22)/b19-10+. The fraction of sp³-hybridized carbons (Fsp3) is 0.0625. The van der Waals surface area contributed by atoms with Crippen LogP contribution < -0.4 is 5.32 Å². The summed E-state index contributed by atoms with van der Waals surface area (Å²) < 4.78 is 0. The van der Waals surface area contributed by atoms with Crippen LogP contribution in [-0.4, -0.2) is 21.4 Å². The zero-order chi connectivity index (χ0) is 15.4. The van der Waals surface area contributed by atoms with Gasteiger partial charge < -0.3 is 10.3 Å². The zero-order valence-electron chi connectivity index (χ0n) is 12.0. The lowest BCUT2D eigenvalue weighted by atomic mass is 10.2. The Labute approximate surface area is 127 Å². The number of aromatic amines is 2. The second-order valence-electron chi connectivity index (χ2n) is 4.79. The largest absolute Gasteiger partial charge is 0.360 e. The molecule has 2 aromatic heterocycles. The molecular weight excluding hydrogens is 276 g/mol. The van der Waals surface area contributed by atoms with Crippen LogP contribution in [0.4, 0.5) is 17.3 Å². The SMILES string of the molecule is Cc1cccc(Nc2n[nH]c(/N=C/c3ccc[nH]3)c2C#N)c1. The van der Waals surface area contributed by atoms with Crippen LogP contribution in [0.3, 0.4) is 0 Å².